The SMILES string of the molecule is CCC(CC)N(CCO)C(c1ccccc1C)C(C)N. The molecular formula is C17H30N2O. The molecule has 0 aromatic heterocycles. The van der Waals surface area contributed by atoms with Gasteiger partial charge in [-0.3, -0.25) is 4.90 Å². The zero-order chi connectivity index (χ0) is 15.1. The molecule has 1 rings (SSSR count). The van der Waals surface area contributed by atoms with Crippen molar-refractivity contribution in [1.82, 2.24) is 4.90 Å². The normalized spacial score (nSPS) is 14.8. The summed E-state index contributed by atoms with van der Waals surface area (Å²) in [5.41, 5.74) is 8.84. The van der Waals surface area contributed by atoms with Crippen molar-refractivity contribution in [2.75, 3.05) is 13.2 Å². The van der Waals surface area contributed by atoms with Crippen LogP contribution in [0.5, 0.6) is 0 Å². The van der Waals surface area contributed by atoms with Crippen LogP contribution in [0.15, 0.2) is 24.3 Å². The summed E-state index contributed by atoms with van der Waals surface area (Å²) in [5.74, 6) is 0. The van der Waals surface area contributed by atoms with E-state index in [2.05, 4.69) is 56.9 Å². The number of nitrogens with zero attached hydrogens (tertiary/aromatic N) is 1. The Balaban J connectivity index is 3.18. The fourth-order valence-electron chi connectivity index (χ4n) is 3.10. The summed E-state index contributed by atoms with van der Waals surface area (Å²) >= 11 is 0. The average Bonchev–Trinajstić information content (AvgIpc) is 2.42. The van der Waals surface area contributed by atoms with Gasteiger partial charge in [-0.25, -0.2) is 0 Å². The zero-order valence-electron chi connectivity index (χ0n) is 13.3. The Kier molecular flexibility index (Phi) is 7.20. The third-order valence-electron chi connectivity index (χ3n) is 4.13. The first-order valence-corrected chi connectivity index (χ1v) is 7.74. The Labute approximate surface area is 123 Å². The van der Waals surface area contributed by atoms with Crippen molar-refractivity contribution < 1.29 is 5.11 Å². The van der Waals surface area contributed by atoms with Crippen molar-refractivity contribution in [2.24, 2.45) is 5.73 Å². The molecule has 20 heavy (non-hydrogen) atoms. The Morgan fingerprint density at radius 2 is 1.80 bits per heavy atom. The molecule has 0 radical (unpaired) electrons. The second kappa shape index (κ2) is 8.40. The minimum Gasteiger partial charge on any atom is -0.395 e. The molecule has 0 amide bonds. The Bertz CT molecular complexity index is 388. The molecule has 1 aromatic rings. The predicted molar refractivity (Wildman–Crippen MR) is 85.7 cm³/mol. The predicted octanol–water partition coefficient (Wildman–Crippen LogP) is 2.87. The molecule has 0 spiro atoms. The highest BCUT2D eigenvalue weighted by atomic mass is 16.3. The smallest absolute Gasteiger partial charge is 0.0558 e. The van der Waals surface area contributed by atoms with Gasteiger partial charge in [0.2, 0.25) is 0 Å². The first-order valence-electron chi connectivity index (χ1n) is 7.74. The van der Waals surface area contributed by atoms with E-state index in [1.165, 1.54) is 11.1 Å². The molecule has 0 aliphatic carbocycles. The minimum atomic E-state index is 0.0308. The standard InChI is InChI=1S/C17H30N2O/c1-5-15(6-2)19(11-12-20)17(14(4)18)16-10-8-7-9-13(16)3/h7-10,14-15,17,20H,5-6,11-12,18H2,1-4H3. The van der Waals surface area contributed by atoms with E-state index in [0.29, 0.717) is 12.6 Å². The van der Waals surface area contributed by atoms with Crippen LogP contribution in [0.25, 0.3) is 0 Å². The van der Waals surface area contributed by atoms with E-state index < -0.39 is 0 Å². The molecule has 0 fully saturated rings. The second-order valence-electron chi connectivity index (χ2n) is 5.59. The summed E-state index contributed by atoms with van der Waals surface area (Å²) in [6, 6.07) is 9.08. The third-order valence-corrected chi connectivity index (χ3v) is 4.13. The molecule has 1 aromatic carbocycles. The quantitative estimate of drug-likeness (QED) is 0.769. The van der Waals surface area contributed by atoms with Gasteiger partial charge in [-0.1, -0.05) is 38.1 Å². The van der Waals surface area contributed by atoms with Crippen molar-refractivity contribution in [3.63, 3.8) is 0 Å². The summed E-state index contributed by atoms with van der Waals surface area (Å²) in [7, 11) is 0. The average molecular weight is 278 g/mol. The summed E-state index contributed by atoms with van der Waals surface area (Å²) in [5, 5.41) is 9.44. The lowest BCUT2D eigenvalue weighted by Gasteiger charge is -2.40. The summed E-state index contributed by atoms with van der Waals surface area (Å²) in [4.78, 5) is 2.38. The monoisotopic (exact) mass is 278 g/mol. The summed E-state index contributed by atoms with van der Waals surface area (Å²) < 4.78 is 0. The van der Waals surface area contributed by atoms with E-state index in [4.69, 9.17) is 5.73 Å². The molecular weight excluding hydrogens is 248 g/mol. The van der Waals surface area contributed by atoms with Crippen LogP contribution in [0.4, 0.5) is 0 Å². The van der Waals surface area contributed by atoms with Crippen LogP contribution in [0.2, 0.25) is 0 Å². The number of rotatable bonds is 8. The van der Waals surface area contributed by atoms with E-state index in [-0.39, 0.29) is 18.7 Å². The first-order chi connectivity index (χ1) is 9.56. The van der Waals surface area contributed by atoms with Crippen molar-refractivity contribution in [3.8, 4) is 0 Å². The molecule has 0 heterocycles. The van der Waals surface area contributed by atoms with Crippen LogP contribution in [0.3, 0.4) is 0 Å². The highest BCUT2D eigenvalue weighted by molar-refractivity contribution is 5.30. The van der Waals surface area contributed by atoms with Gasteiger partial charge >= 0.3 is 0 Å². The fourth-order valence-corrected chi connectivity index (χ4v) is 3.10. The molecule has 2 unspecified atom stereocenters. The maximum Gasteiger partial charge on any atom is 0.0558 e. The van der Waals surface area contributed by atoms with Gasteiger partial charge in [-0.15, -0.1) is 0 Å². The van der Waals surface area contributed by atoms with E-state index >= 15 is 0 Å². The molecule has 0 bridgehead atoms. The lowest BCUT2D eigenvalue weighted by atomic mass is 9.93. The Morgan fingerprint density at radius 3 is 2.25 bits per heavy atom. The van der Waals surface area contributed by atoms with E-state index in [1.54, 1.807) is 0 Å². The van der Waals surface area contributed by atoms with E-state index in [9.17, 15) is 5.11 Å². The summed E-state index contributed by atoms with van der Waals surface area (Å²) in [6.07, 6.45) is 2.15. The van der Waals surface area contributed by atoms with Crippen LogP contribution < -0.4 is 5.73 Å². The van der Waals surface area contributed by atoms with Gasteiger partial charge in [-0.2, -0.15) is 0 Å². The van der Waals surface area contributed by atoms with Gasteiger partial charge in [0, 0.05) is 18.6 Å². The molecule has 3 N–H and O–H groups in total. The topological polar surface area (TPSA) is 49.5 Å². The van der Waals surface area contributed by atoms with Gasteiger partial charge in [0.25, 0.3) is 0 Å². The second-order valence-corrected chi connectivity index (χ2v) is 5.59. The number of aliphatic hydroxyl groups excluding tert-OH is 1. The maximum atomic E-state index is 9.44. The third kappa shape index (κ3) is 4.05. The molecule has 0 saturated carbocycles. The van der Waals surface area contributed by atoms with Crippen molar-refractivity contribution in [3.05, 3.63) is 35.4 Å². The number of aliphatic hydroxyl groups is 1. The van der Waals surface area contributed by atoms with Crippen LogP contribution in [0.1, 0.15) is 50.8 Å². The Hall–Kier alpha value is -0.900. The van der Waals surface area contributed by atoms with Crippen molar-refractivity contribution in [1.29, 1.82) is 0 Å². The van der Waals surface area contributed by atoms with Gasteiger partial charge in [0.05, 0.1) is 12.6 Å². The van der Waals surface area contributed by atoms with E-state index in [0.717, 1.165) is 12.8 Å². The number of hydrogen-bond donors (Lipinski definition) is 2. The van der Waals surface area contributed by atoms with Gasteiger partial charge < -0.3 is 10.8 Å². The number of hydrogen-bond acceptors (Lipinski definition) is 3. The van der Waals surface area contributed by atoms with Gasteiger partial charge in [0.15, 0.2) is 0 Å². The number of benzene rings is 1. The van der Waals surface area contributed by atoms with Gasteiger partial charge in [0.1, 0.15) is 0 Å². The maximum absolute atomic E-state index is 9.44. The van der Waals surface area contributed by atoms with Crippen LogP contribution in [0, 0.1) is 6.92 Å². The molecule has 2 atom stereocenters. The fraction of sp³-hybridized carbons (Fsp3) is 0.647. The molecule has 0 aliphatic heterocycles. The highest BCUT2D eigenvalue weighted by Gasteiger charge is 2.28. The van der Waals surface area contributed by atoms with Crippen molar-refractivity contribution >= 4 is 0 Å². The lowest BCUT2D eigenvalue weighted by Crippen LogP contribution is -2.46. The zero-order valence-corrected chi connectivity index (χ0v) is 13.3. The molecule has 0 aliphatic rings. The van der Waals surface area contributed by atoms with Crippen molar-refractivity contribution in [2.45, 2.75) is 58.7 Å². The minimum absolute atomic E-state index is 0.0308. The highest BCUT2D eigenvalue weighted by Crippen LogP contribution is 2.29. The molecule has 0 saturated heterocycles. The van der Waals surface area contributed by atoms with Crippen LogP contribution in [-0.4, -0.2) is 35.2 Å². The molecule has 3 heteroatoms. The summed E-state index contributed by atoms with van der Waals surface area (Å²) in [6.45, 7) is 9.44. The first kappa shape index (κ1) is 17.2. The number of nitrogens with two attached hydrogens (primary N) is 1. The largest absolute Gasteiger partial charge is 0.395 e. The molecule has 114 valence electrons. The van der Waals surface area contributed by atoms with Gasteiger partial charge in [-0.05, 0) is 37.8 Å². The van der Waals surface area contributed by atoms with Crippen LogP contribution >= 0.6 is 0 Å². The van der Waals surface area contributed by atoms with Crippen LogP contribution in [-0.2, 0) is 0 Å². The van der Waals surface area contributed by atoms with E-state index in [1.807, 2.05) is 0 Å². The number of aryl methyl sites for hydroxylation is 1. The Morgan fingerprint density at radius 1 is 1.20 bits per heavy atom. The molecule has 3 nitrogen and oxygen atoms in total. The lowest BCUT2D eigenvalue weighted by molar-refractivity contribution is 0.0849.